The van der Waals surface area contributed by atoms with Crippen molar-refractivity contribution in [1.82, 2.24) is 30.1 Å². The number of nitrogens with one attached hydrogen (secondary N) is 1. The Bertz CT molecular complexity index is 838. The molecule has 0 spiro atoms. The molecular weight excluding hydrogens is 304 g/mol. The summed E-state index contributed by atoms with van der Waals surface area (Å²) >= 11 is 0. The standard InChI is InChI=1S/C17H18N6O/c24-17(22-8-4-7-15-14(10-22)9-18-19-15)12-23-11-16(20-21-23)13-5-2-1-3-6-13/h1-3,5-6,9,11H,4,7-8,10,12H2,(H,18,19). The van der Waals surface area contributed by atoms with Crippen LogP contribution in [0.1, 0.15) is 17.7 Å². The number of rotatable bonds is 3. The van der Waals surface area contributed by atoms with Crippen molar-refractivity contribution in [2.45, 2.75) is 25.9 Å². The zero-order valence-corrected chi connectivity index (χ0v) is 13.2. The molecule has 1 amide bonds. The third-order valence-corrected chi connectivity index (χ3v) is 4.28. The van der Waals surface area contributed by atoms with Gasteiger partial charge in [-0.3, -0.25) is 9.89 Å². The fraction of sp³-hybridized carbons (Fsp3) is 0.294. The second kappa shape index (κ2) is 6.27. The highest BCUT2D eigenvalue weighted by atomic mass is 16.2. The monoisotopic (exact) mass is 322 g/mol. The fourth-order valence-corrected chi connectivity index (χ4v) is 2.99. The second-order valence-corrected chi connectivity index (χ2v) is 5.96. The zero-order chi connectivity index (χ0) is 16.4. The molecule has 1 aliphatic rings. The van der Waals surface area contributed by atoms with Gasteiger partial charge in [0.25, 0.3) is 0 Å². The van der Waals surface area contributed by atoms with Crippen LogP contribution in [-0.2, 0) is 24.3 Å². The number of aromatic nitrogens is 5. The van der Waals surface area contributed by atoms with E-state index in [2.05, 4.69) is 20.5 Å². The Kier molecular flexibility index (Phi) is 3.82. The predicted molar refractivity (Wildman–Crippen MR) is 87.8 cm³/mol. The van der Waals surface area contributed by atoms with Crippen molar-refractivity contribution in [2.24, 2.45) is 0 Å². The minimum Gasteiger partial charge on any atom is -0.337 e. The van der Waals surface area contributed by atoms with Crippen LogP contribution in [0.4, 0.5) is 0 Å². The molecule has 3 aromatic rings. The molecule has 3 heterocycles. The molecule has 7 nitrogen and oxygen atoms in total. The summed E-state index contributed by atoms with van der Waals surface area (Å²) in [6.07, 6.45) is 5.49. The number of nitrogens with zero attached hydrogens (tertiary/aromatic N) is 5. The largest absolute Gasteiger partial charge is 0.337 e. The average molecular weight is 322 g/mol. The van der Waals surface area contributed by atoms with Crippen LogP contribution in [0, 0.1) is 0 Å². The maximum atomic E-state index is 12.6. The third kappa shape index (κ3) is 2.92. The van der Waals surface area contributed by atoms with Crippen molar-refractivity contribution in [3.8, 4) is 11.3 Å². The van der Waals surface area contributed by atoms with Crippen LogP contribution in [0.15, 0.2) is 42.7 Å². The molecule has 122 valence electrons. The van der Waals surface area contributed by atoms with Gasteiger partial charge in [0.05, 0.1) is 12.4 Å². The van der Waals surface area contributed by atoms with Gasteiger partial charge in [-0.15, -0.1) is 5.10 Å². The molecule has 2 aromatic heterocycles. The van der Waals surface area contributed by atoms with Crippen LogP contribution in [0.25, 0.3) is 11.3 Å². The number of carbonyl (C=O) groups excluding carboxylic acids is 1. The van der Waals surface area contributed by atoms with Gasteiger partial charge in [-0.05, 0) is 12.8 Å². The quantitative estimate of drug-likeness (QED) is 0.795. The summed E-state index contributed by atoms with van der Waals surface area (Å²) in [5.74, 6) is 0.0496. The van der Waals surface area contributed by atoms with E-state index >= 15 is 0 Å². The van der Waals surface area contributed by atoms with Crippen molar-refractivity contribution in [3.05, 3.63) is 54.0 Å². The van der Waals surface area contributed by atoms with Crippen LogP contribution in [0.5, 0.6) is 0 Å². The maximum Gasteiger partial charge on any atom is 0.244 e. The lowest BCUT2D eigenvalue weighted by atomic mass is 10.2. The summed E-state index contributed by atoms with van der Waals surface area (Å²) in [7, 11) is 0. The molecule has 1 N–H and O–H groups in total. The Morgan fingerprint density at radius 3 is 3.00 bits per heavy atom. The lowest BCUT2D eigenvalue weighted by molar-refractivity contribution is -0.132. The van der Waals surface area contributed by atoms with Gasteiger partial charge in [-0.2, -0.15) is 5.10 Å². The lowest BCUT2D eigenvalue weighted by Gasteiger charge is -2.20. The Labute approximate surface area is 139 Å². The summed E-state index contributed by atoms with van der Waals surface area (Å²) in [5, 5.41) is 15.3. The Balaban J connectivity index is 1.46. The number of fused-ring (bicyclic) bond motifs is 1. The number of carbonyl (C=O) groups is 1. The van der Waals surface area contributed by atoms with Gasteiger partial charge >= 0.3 is 0 Å². The molecule has 0 aliphatic carbocycles. The SMILES string of the molecule is O=C(Cn1cc(-c2ccccc2)nn1)N1CCCc2[nH]ncc2C1. The normalized spacial score (nSPS) is 14.2. The molecular formula is C17H18N6O. The van der Waals surface area contributed by atoms with Crippen LogP contribution in [0.2, 0.25) is 0 Å². The van der Waals surface area contributed by atoms with Gasteiger partial charge in [0, 0.05) is 29.9 Å². The van der Waals surface area contributed by atoms with E-state index in [1.54, 1.807) is 4.68 Å². The van der Waals surface area contributed by atoms with Gasteiger partial charge in [0.1, 0.15) is 12.2 Å². The molecule has 0 saturated heterocycles. The van der Waals surface area contributed by atoms with E-state index in [9.17, 15) is 4.79 Å². The first-order chi connectivity index (χ1) is 11.8. The van der Waals surface area contributed by atoms with E-state index in [-0.39, 0.29) is 12.5 Å². The Morgan fingerprint density at radius 1 is 1.25 bits per heavy atom. The van der Waals surface area contributed by atoms with E-state index in [1.807, 2.05) is 47.6 Å². The second-order valence-electron chi connectivity index (χ2n) is 5.96. The van der Waals surface area contributed by atoms with Crippen molar-refractivity contribution in [3.63, 3.8) is 0 Å². The molecule has 4 rings (SSSR count). The number of aryl methyl sites for hydroxylation is 1. The maximum absolute atomic E-state index is 12.6. The molecule has 0 atom stereocenters. The zero-order valence-electron chi connectivity index (χ0n) is 13.2. The van der Waals surface area contributed by atoms with Crippen LogP contribution in [0.3, 0.4) is 0 Å². The number of hydrogen-bond donors (Lipinski definition) is 1. The minimum atomic E-state index is 0.0496. The highest BCUT2D eigenvalue weighted by Gasteiger charge is 2.20. The first kappa shape index (κ1) is 14.6. The third-order valence-electron chi connectivity index (χ3n) is 4.28. The molecule has 7 heteroatoms. The predicted octanol–water partition coefficient (Wildman–Crippen LogP) is 1.64. The molecule has 0 unspecified atom stereocenters. The van der Waals surface area contributed by atoms with Gasteiger partial charge in [-0.1, -0.05) is 35.5 Å². The number of hydrogen-bond acceptors (Lipinski definition) is 4. The van der Waals surface area contributed by atoms with Crippen molar-refractivity contribution >= 4 is 5.91 Å². The number of amides is 1. The van der Waals surface area contributed by atoms with E-state index < -0.39 is 0 Å². The number of aromatic amines is 1. The summed E-state index contributed by atoms with van der Waals surface area (Å²) in [5.41, 5.74) is 4.01. The number of H-pyrrole nitrogens is 1. The summed E-state index contributed by atoms with van der Waals surface area (Å²) in [4.78, 5) is 14.5. The topological polar surface area (TPSA) is 79.7 Å². The van der Waals surface area contributed by atoms with E-state index in [0.717, 1.165) is 41.9 Å². The molecule has 0 bridgehead atoms. The van der Waals surface area contributed by atoms with Crippen molar-refractivity contribution in [1.29, 1.82) is 0 Å². The molecule has 0 fully saturated rings. The van der Waals surface area contributed by atoms with Crippen LogP contribution >= 0.6 is 0 Å². The molecule has 24 heavy (non-hydrogen) atoms. The molecule has 1 aromatic carbocycles. The van der Waals surface area contributed by atoms with Crippen LogP contribution in [-0.4, -0.2) is 42.5 Å². The van der Waals surface area contributed by atoms with E-state index in [4.69, 9.17) is 0 Å². The minimum absolute atomic E-state index is 0.0496. The smallest absolute Gasteiger partial charge is 0.244 e. The molecule has 1 aliphatic heterocycles. The Hall–Kier alpha value is -2.96. The number of benzene rings is 1. The average Bonchev–Trinajstić information content (AvgIpc) is 3.20. The van der Waals surface area contributed by atoms with E-state index in [0.29, 0.717) is 6.54 Å². The van der Waals surface area contributed by atoms with E-state index in [1.165, 1.54) is 0 Å². The van der Waals surface area contributed by atoms with Crippen LogP contribution < -0.4 is 0 Å². The molecule has 0 radical (unpaired) electrons. The highest BCUT2D eigenvalue weighted by molar-refractivity contribution is 5.76. The van der Waals surface area contributed by atoms with Crippen molar-refractivity contribution in [2.75, 3.05) is 6.54 Å². The first-order valence-electron chi connectivity index (χ1n) is 8.04. The van der Waals surface area contributed by atoms with Gasteiger partial charge in [-0.25, -0.2) is 4.68 Å². The van der Waals surface area contributed by atoms with Gasteiger partial charge < -0.3 is 4.90 Å². The fourth-order valence-electron chi connectivity index (χ4n) is 2.99. The Morgan fingerprint density at radius 2 is 2.12 bits per heavy atom. The molecule has 0 saturated carbocycles. The first-order valence-corrected chi connectivity index (χ1v) is 8.04. The summed E-state index contributed by atoms with van der Waals surface area (Å²) in [6, 6.07) is 9.83. The summed E-state index contributed by atoms with van der Waals surface area (Å²) < 4.78 is 1.60. The highest BCUT2D eigenvalue weighted by Crippen LogP contribution is 2.17. The van der Waals surface area contributed by atoms with Gasteiger partial charge in [0.2, 0.25) is 5.91 Å². The lowest BCUT2D eigenvalue weighted by Crippen LogP contribution is -2.33. The van der Waals surface area contributed by atoms with Gasteiger partial charge in [0.15, 0.2) is 0 Å². The van der Waals surface area contributed by atoms with Crippen molar-refractivity contribution < 1.29 is 4.79 Å². The summed E-state index contributed by atoms with van der Waals surface area (Å²) in [6.45, 7) is 1.56.